The summed E-state index contributed by atoms with van der Waals surface area (Å²) in [6.07, 6.45) is 2.38. The number of hydrogen-bond acceptors (Lipinski definition) is 4. The lowest BCUT2D eigenvalue weighted by Gasteiger charge is -2.36. The number of benzene rings is 2. The Morgan fingerprint density at radius 2 is 1.48 bits per heavy atom. The molecule has 1 aliphatic rings. The summed E-state index contributed by atoms with van der Waals surface area (Å²) in [4.78, 5) is 4.98. The number of ether oxygens (including phenoxy) is 2. The maximum absolute atomic E-state index is 5.39. The van der Waals surface area contributed by atoms with Crippen LogP contribution in [0, 0.1) is 0 Å². The molecule has 0 radical (unpaired) electrons. The maximum Gasteiger partial charge on any atom is 0.124 e. The number of hydrogen-bond donors (Lipinski definition) is 0. The van der Waals surface area contributed by atoms with Crippen molar-refractivity contribution in [3.8, 4) is 11.5 Å². The Hall–Kier alpha value is -2.20. The Morgan fingerprint density at radius 3 is 2.08 bits per heavy atom. The van der Waals surface area contributed by atoms with E-state index in [2.05, 4.69) is 52.3 Å². The topological polar surface area (TPSA) is 24.9 Å². The van der Waals surface area contributed by atoms with Crippen LogP contribution in [0.2, 0.25) is 0 Å². The Balaban J connectivity index is 1.48. The van der Waals surface area contributed by atoms with Gasteiger partial charge in [0.25, 0.3) is 0 Å². The fourth-order valence-electron chi connectivity index (χ4n) is 3.36. The van der Waals surface area contributed by atoms with Crippen molar-refractivity contribution < 1.29 is 9.47 Å². The van der Waals surface area contributed by atoms with Crippen LogP contribution in [0.25, 0.3) is 0 Å². The van der Waals surface area contributed by atoms with Gasteiger partial charge in [-0.2, -0.15) is 0 Å². The van der Waals surface area contributed by atoms with Crippen LogP contribution in [0.5, 0.6) is 11.5 Å². The molecule has 0 saturated carbocycles. The van der Waals surface area contributed by atoms with Crippen molar-refractivity contribution >= 4 is 5.69 Å². The van der Waals surface area contributed by atoms with Gasteiger partial charge in [0.2, 0.25) is 0 Å². The smallest absolute Gasteiger partial charge is 0.124 e. The summed E-state index contributed by atoms with van der Waals surface area (Å²) in [5.74, 6) is 1.69. The number of piperazine rings is 1. The average molecular weight is 340 g/mol. The van der Waals surface area contributed by atoms with Gasteiger partial charge in [-0.3, -0.25) is 4.90 Å². The Kier molecular flexibility index (Phi) is 6.18. The molecule has 0 unspecified atom stereocenters. The fourth-order valence-corrected chi connectivity index (χ4v) is 3.36. The fraction of sp³-hybridized carbons (Fsp3) is 0.429. The van der Waals surface area contributed by atoms with Gasteiger partial charge in [0.1, 0.15) is 11.5 Å². The molecular formula is C21H28N2O2. The van der Waals surface area contributed by atoms with Gasteiger partial charge >= 0.3 is 0 Å². The molecule has 1 fully saturated rings. The standard InChI is InChI=1S/C21H28N2O2/c1-24-20-15-19(16-21(17-20)25-2)23-13-11-22(12-14-23)10-6-9-18-7-4-3-5-8-18/h3-5,7-8,15-17H,6,9-14H2,1-2H3. The van der Waals surface area contributed by atoms with Crippen LogP contribution in [0.3, 0.4) is 0 Å². The number of anilines is 1. The Bertz CT molecular complexity index is 630. The zero-order valence-corrected chi connectivity index (χ0v) is 15.3. The molecular weight excluding hydrogens is 312 g/mol. The molecule has 3 rings (SSSR count). The van der Waals surface area contributed by atoms with Gasteiger partial charge in [-0.15, -0.1) is 0 Å². The lowest BCUT2D eigenvalue weighted by atomic mass is 10.1. The van der Waals surface area contributed by atoms with Crippen LogP contribution >= 0.6 is 0 Å². The summed E-state index contributed by atoms with van der Waals surface area (Å²) >= 11 is 0. The van der Waals surface area contributed by atoms with Gasteiger partial charge in [-0.25, -0.2) is 0 Å². The second-order valence-electron chi connectivity index (χ2n) is 6.49. The molecule has 1 saturated heterocycles. The highest BCUT2D eigenvalue weighted by Crippen LogP contribution is 2.29. The molecule has 4 heteroatoms. The Morgan fingerprint density at radius 1 is 0.840 bits per heavy atom. The van der Waals surface area contributed by atoms with E-state index in [-0.39, 0.29) is 0 Å². The normalized spacial score (nSPS) is 15.2. The first-order chi connectivity index (χ1) is 12.3. The highest BCUT2D eigenvalue weighted by Gasteiger charge is 2.18. The van der Waals surface area contributed by atoms with E-state index >= 15 is 0 Å². The largest absolute Gasteiger partial charge is 0.497 e. The molecule has 1 aliphatic heterocycles. The first-order valence-electron chi connectivity index (χ1n) is 9.03. The molecule has 4 nitrogen and oxygen atoms in total. The highest BCUT2D eigenvalue weighted by molar-refractivity contribution is 5.56. The van der Waals surface area contributed by atoms with Crippen molar-refractivity contribution in [1.29, 1.82) is 0 Å². The van der Waals surface area contributed by atoms with E-state index < -0.39 is 0 Å². The van der Waals surface area contributed by atoms with Crippen molar-refractivity contribution in [2.24, 2.45) is 0 Å². The zero-order valence-electron chi connectivity index (χ0n) is 15.3. The van der Waals surface area contributed by atoms with Gasteiger partial charge in [0.05, 0.1) is 14.2 Å². The molecule has 0 aliphatic carbocycles. The van der Waals surface area contributed by atoms with Gasteiger partial charge in [0.15, 0.2) is 0 Å². The third-order valence-electron chi connectivity index (χ3n) is 4.86. The van der Waals surface area contributed by atoms with Gasteiger partial charge < -0.3 is 14.4 Å². The van der Waals surface area contributed by atoms with Crippen LogP contribution in [0.1, 0.15) is 12.0 Å². The minimum absolute atomic E-state index is 0.847. The van der Waals surface area contributed by atoms with E-state index in [0.29, 0.717) is 0 Å². The second kappa shape index (κ2) is 8.77. The first kappa shape index (κ1) is 17.6. The SMILES string of the molecule is COc1cc(OC)cc(N2CCN(CCCc3ccccc3)CC2)c1. The van der Waals surface area contributed by atoms with Crippen LogP contribution in [-0.4, -0.2) is 51.8 Å². The second-order valence-corrected chi connectivity index (χ2v) is 6.49. The van der Waals surface area contributed by atoms with E-state index in [9.17, 15) is 0 Å². The molecule has 2 aromatic rings. The van der Waals surface area contributed by atoms with Crippen molar-refractivity contribution in [3.63, 3.8) is 0 Å². The molecule has 0 bridgehead atoms. The van der Waals surface area contributed by atoms with Crippen molar-refractivity contribution in [2.75, 3.05) is 51.8 Å². The number of rotatable bonds is 7. The van der Waals surface area contributed by atoms with E-state index in [4.69, 9.17) is 9.47 Å². The predicted molar refractivity (Wildman–Crippen MR) is 103 cm³/mol. The molecule has 2 aromatic carbocycles. The summed E-state index contributed by atoms with van der Waals surface area (Å²) in [6.45, 7) is 5.47. The molecule has 0 amide bonds. The number of methoxy groups -OCH3 is 2. The molecule has 0 atom stereocenters. The van der Waals surface area contributed by atoms with E-state index in [1.54, 1.807) is 14.2 Å². The van der Waals surface area contributed by atoms with Crippen LogP contribution in [0.4, 0.5) is 5.69 Å². The van der Waals surface area contributed by atoms with Gasteiger partial charge in [-0.05, 0) is 24.9 Å². The van der Waals surface area contributed by atoms with E-state index in [1.807, 2.05) is 6.07 Å². The van der Waals surface area contributed by atoms with E-state index in [1.165, 1.54) is 24.2 Å². The summed E-state index contributed by atoms with van der Waals surface area (Å²) in [6, 6.07) is 16.9. The molecule has 25 heavy (non-hydrogen) atoms. The summed E-state index contributed by atoms with van der Waals surface area (Å²) in [5.41, 5.74) is 2.62. The highest BCUT2D eigenvalue weighted by atomic mass is 16.5. The minimum Gasteiger partial charge on any atom is -0.497 e. The number of nitrogens with zero attached hydrogens (tertiary/aromatic N) is 2. The van der Waals surface area contributed by atoms with Gasteiger partial charge in [0, 0.05) is 50.1 Å². The summed E-state index contributed by atoms with van der Waals surface area (Å²) in [5, 5.41) is 0. The van der Waals surface area contributed by atoms with Crippen LogP contribution < -0.4 is 14.4 Å². The maximum atomic E-state index is 5.39. The third-order valence-corrected chi connectivity index (χ3v) is 4.86. The predicted octanol–water partition coefficient (Wildman–Crippen LogP) is 3.46. The molecule has 0 spiro atoms. The van der Waals surface area contributed by atoms with Gasteiger partial charge in [-0.1, -0.05) is 30.3 Å². The molecule has 134 valence electrons. The lowest BCUT2D eigenvalue weighted by Crippen LogP contribution is -2.46. The minimum atomic E-state index is 0.847. The zero-order chi connectivity index (χ0) is 17.5. The van der Waals surface area contributed by atoms with Crippen LogP contribution in [0.15, 0.2) is 48.5 Å². The van der Waals surface area contributed by atoms with E-state index in [0.717, 1.165) is 44.1 Å². The summed E-state index contributed by atoms with van der Waals surface area (Å²) < 4.78 is 10.8. The first-order valence-corrected chi connectivity index (χ1v) is 9.03. The van der Waals surface area contributed by atoms with Crippen LogP contribution in [-0.2, 0) is 6.42 Å². The molecule has 0 aromatic heterocycles. The molecule has 0 N–H and O–H groups in total. The average Bonchev–Trinajstić information content (AvgIpc) is 2.69. The van der Waals surface area contributed by atoms with Crippen molar-refractivity contribution in [1.82, 2.24) is 4.90 Å². The quantitative estimate of drug-likeness (QED) is 0.771. The molecule has 1 heterocycles. The van der Waals surface area contributed by atoms with Crippen molar-refractivity contribution in [2.45, 2.75) is 12.8 Å². The number of aryl methyl sites for hydroxylation is 1. The Labute approximate surface area is 151 Å². The lowest BCUT2D eigenvalue weighted by molar-refractivity contribution is 0.255. The van der Waals surface area contributed by atoms with Crippen molar-refractivity contribution in [3.05, 3.63) is 54.1 Å². The summed E-state index contributed by atoms with van der Waals surface area (Å²) in [7, 11) is 3.40. The monoisotopic (exact) mass is 340 g/mol. The third kappa shape index (κ3) is 4.89.